The van der Waals surface area contributed by atoms with Crippen LogP contribution >= 0.6 is 0 Å². The highest BCUT2D eigenvalue weighted by Gasteiger charge is 2.38. The number of aliphatic hydroxyl groups is 1. The van der Waals surface area contributed by atoms with Crippen molar-refractivity contribution in [3.8, 4) is 11.8 Å². The van der Waals surface area contributed by atoms with E-state index < -0.39 is 5.60 Å². The van der Waals surface area contributed by atoms with Gasteiger partial charge in [-0.25, -0.2) is 0 Å². The molecule has 1 aromatic rings. The van der Waals surface area contributed by atoms with Gasteiger partial charge in [0.1, 0.15) is 0 Å². The van der Waals surface area contributed by atoms with Crippen molar-refractivity contribution in [3.63, 3.8) is 0 Å². The molecule has 0 bridgehead atoms. The first-order valence-corrected chi connectivity index (χ1v) is 8.21. The molecule has 1 aromatic carbocycles. The van der Waals surface area contributed by atoms with E-state index in [1.807, 2.05) is 30.3 Å². The Morgan fingerprint density at radius 3 is 2.33 bits per heavy atom. The van der Waals surface area contributed by atoms with E-state index in [4.69, 9.17) is 0 Å². The predicted molar refractivity (Wildman–Crippen MR) is 87.9 cm³/mol. The van der Waals surface area contributed by atoms with Gasteiger partial charge in [0.15, 0.2) is 5.60 Å². The molecule has 0 unspecified atom stereocenters. The van der Waals surface area contributed by atoms with Gasteiger partial charge in [-0.05, 0) is 31.5 Å². The van der Waals surface area contributed by atoms with Gasteiger partial charge < -0.3 is 5.11 Å². The molecule has 21 heavy (non-hydrogen) atoms. The summed E-state index contributed by atoms with van der Waals surface area (Å²) in [5.41, 5.74) is -0.0331. The third kappa shape index (κ3) is 3.87. The molecule has 0 heterocycles. The molecule has 0 aromatic heterocycles. The van der Waals surface area contributed by atoms with E-state index in [1.54, 1.807) is 0 Å². The molecule has 1 N–H and O–H groups in total. The second-order valence-electron chi connectivity index (χ2n) is 5.88. The summed E-state index contributed by atoms with van der Waals surface area (Å²) in [4.78, 5) is 2.27. The van der Waals surface area contributed by atoms with E-state index in [1.165, 1.54) is 12.8 Å². The molecular formula is C19H27NO. The zero-order valence-corrected chi connectivity index (χ0v) is 13.3. The van der Waals surface area contributed by atoms with Gasteiger partial charge >= 0.3 is 0 Å². The van der Waals surface area contributed by atoms with Gasteiger partial charge in [0.25, 0.3) is 0 Å². The largest absolute Gasteiger partial charge is 0.373 e. The Balaban J connectivity index is 2.22. The SMILES string of the molecule is CCN(CC)CC#C[C@@](O)(c1ccccc1)C1CCCC1. The summed E-state index contributed by atoms with van der Waals surface area (Å²) in [6.07, 6.45) is 4.56. The van der Waals surface area contributed by atoms with E-state index in [-0.39, 0.29) is 5.92 Å². The molecule has 114 valence electrons. The molecule has 2 rings (SSSR count). The lowest BCUT2D eigenvalue weighted by Crippen LogP contribution is -2.32. The predicted octanol–water partition coefficient (Wildman–Crippen LogP) is 3.41. The Labute approximate surface area is 129 Å². The van der Waals surface area contributed by atoms with Crippen LogP contribution in [0.2, 0.25) is 0 Å². The zero-order chi connectivity index (χ0) is 15.1. The Hall–Kier alpha value is -1.30. The summed E-state index contributed by atoms with van der Waals surface area (Å²) in [5, 5.41) is 11.2. The standard InChI is InChI=1S/C19H27NO/c1-3-20(4-2)16-10-15-19(21,18-13-8-9-14-18)17-11-6-5-7-12-17/h5-7,11-12,18,21H,3-4,8-9,13-14,16H2,1-2H3/t19-/m1/s1. The van der Waals surface area contributed by atoms with E-state index in [9.17, 15) is 5.11 Å². The fourth-order valence-corrected chi connectivity index (χ4v) is 3.18. The van der Waals surface area contributed by atoms with E-state index >= 15 is 0 Å². The quantitative estimate of drug-likeness (QED) is 0.838. The lowest BCUT2D eigenvalue weighted by atomic mass is 9.80. The van der Waals surface area contributed by atoms with Crippen molar-refractivity contribution in [3.05, 3.63) is 35.9 Å². The summed E-state index contributed by atoms with van der Waals surface area (Å²) in [5.74, 6) is 6.71. The monoisotopic (exact) mass is 285 g/mol. The molecule has 2 heteroatoms. The second kappa shape index (κ2) is 7.64. The van der Waals surface area contributed by atoms with Crippen molar-refractivity contribution in [2.24, 2.45) is 5.92 Å². The van der Waals surface area contributed by atoms with Crippen molar-refractivity contribution in [2.45, 2.75) is 45.1 Å². The molecule has 0 radical (unpaired) electrons. The van der Waals surface area contributed by atoms with Crippen LogP contribution in [0.4, 0.5) is 0 Å². The van der Waals surface area contributed by atoms with Gasteiger partial charge in [0.05, 0.1) is 6.54 Å². The van der Waals surface area contributed by atoms with Crippen molar-refractivity contribution < 1.29 is 5.11 Å². The summed E-state index contributed by atoms with van der Waals surface area (Å²) in [6, 6.07) is 9.97. The number of hydrogen-bond acceptors (Lipinski definition) is 2. The molecule has 1 atom stereocenters. The van der Waals surface area contributed by atoms with Crippen LogP contribution in [0.5, 0.6) is 0 Å². The average molecular weight is 285 g/mol. The van der Waals surface area contributed by atoms with Gasteiger partial charge in [-0.3, -0.25) is 4.90 Å². The van der Waals surface area contributed by atoms with Gasteiger partial charge in [-0.1, -0.05) is 68.9 Å². The maximum atomic E-state index is 11.2. The normalized spacial score (nSPS) is 18.3. The van der Waals surface area contributed by atoms with Crippen molar-refractivity contribution in [1.82, 2.24) is 4.90 Å². The van der Waals surface area contributed by atoms with Gasteiger partial charge in [-0.15, -0.1) is 0 Å². The first-order chi connectivity index (χ1) is 10.2. The minimum absolute atomic E-state index is 0.268. The smallest absolute Gasteiger partial charge is 0.153 e. The number of benzene rings is 1. The minimum atomic E-state index is -0.981. The summed E-state index contributed by atoms with van der Waals surface area (Å²) >= 11 is 0. The van der Waals surface area contributed by atoms with Crippen LogP contribution in [0.3, 0.4) is 0 Å². The van der Waals surface area contributed by atoms with E-state index in [2.05, 4.69) is 30.6 Å². The van der Waals surface area contributed by atoms with Crippen LogP contribution in [-0.2, 0) is 5.60 Å². The van der Waals surface area contributed by atoms with Gasteiger partial charge in [-0.2, -0.15) is 0 Å². The molecule has 1 aliphatic carbocycles. The molecule has 0 aliphatic heterocycles. The van der Waals surface area contributed by atoms with Crippen molar-refractivity contribution >= 4 is 0 Å². The van der Waals surface area contributed by atoms with Gasteiger partial charge in [0.2, 0.25) is 0 Å². The average Bonchev–Trinajstić information content (AvgIpc) is 3.07. The number of rotatable bonds is 5. The van der Waals surface area contributed by atoms with Gasteiger partial charge in [0, 0.05) is 5.92 Å². The highest BCUT2D eigenvalue weighted by molar-refractivity contribution is 5.33. The van der Waals surface area contributed by atoms with E-state index in [0.29, 0.717) is 0 Å². The summed E-state index contributed by atoms with van der Waals surface area (Å²) in [7, 11) is 0. The molecule has 0 saturated heterocycles. The summed E-state index contributed by atoms with van der Waals surface area (Å²) < 4.78 is 0. The van der Waals surface area contributed by atoms with Crippen LogP contribution in [-0.4, -0.2) is 29.6 Å². The molecular weight excluding hydrogens is 258 g/mol. The third-order valence-corrected chi connectivity index (χ3v) is 4.64. The van der Waals surface area contributed by atoms with Crippen molar-refractivity contribution in [1.29, 1.82) is 0 Å². The molecule has 0 spiro atoms. The molecule has 1 aliphatic rings. The summed E-state index contributed by atoms with van der Waals surface area (Å²) in [6.45, 7) is 7.02. The fraction of sp³-hybridized carbons (Fsp3) is 0.579. The number of hydrogen-bond donors (Lipinski definition) is 1. The molecule has 2 nitrogen and oxygen atoms in total. The van der Waals surface area contributed by atoms with Crippen LogP contribution in [0, 0.1) is 17.8 Å². The minimum Gasteiger partial charge on any atom is -0.373 e. The maximum absolute atomic E-state index is 11.2. The molecule has 1 fully saturated rings. The van der Waals surface area contributed by atoms with Crippen molar-refractivity contribution in [2.75, 3.05) is 19.6 Å². The number of nitrogens with zero attached hydrogens (tertiary/aromatic N) is 1. The Kier molecular flexibility index (Phi) is 5.85. The molecule has 0 amide bonds. The topological polar surface area (TPSA) is 23.5 Å². The Bertz CT molecular complexity index is 477. The fourth-order valence-electron chi connectivity index (χ4n) is 3.18. The lowest BCUT2D eigenvalue weighted by molar-refractivity contribution is 0.0367. The van der Waals surface area contributed by atoms with Crippen LogP contribution in [0.25, 0.3) is 0 Å². The first-order valence-electron chi connectivity index (χ1n) is 8.21. The lowest BCUT2D eigenvalue weighted by Gasteiger charge is -2.29. The zero-order valence-electron chi connectivity index (χ0n) is 13.3. The van der Waals surface area contributed by atoms with Crippen LogP contribution in [0.1, 0.15) is 45.1 Å². The third-order valence-electron chi connectivity index (χ3n) is 4.64. The van der Waals surface area contributed by atoms with Crippen LogP contribution < -0.4 is 0 Å². The molecule has 1 saturated carbocycles. The maximum Gasteiger partial charge on any atom is 0.153 e. The highest BCUT2D eigenvalue weighted by Crippen LogP contribution is 2.40. The highest BCUT2D eigenvalue weighted by atomic mass is 16.3. The Morgan fingerprint density at radius 1 is 1.14 bits per heavy atom. The van der Waals surface area contributed by atoms with E-state index in [0.717, 1.165) is 38.0 Å². The Morgan fingerprint density at radius 2 is 1.76 bits per heavy atom. The van der Waals surface area contributed by atoms with Crippen LogP contribution in [0.15, 0.2) is 30.3 Å². The second-order valence-corrected chi connectivity index (χ2v) is 5.88. The first kappa shape index (κ1) is 16.1.